The van der Waals surface area contributed by atoms with Gasteiger partial charge in [0, 0.05) is 0 Å². The van der Waals surface area contributed by atoms with Crippen molar-refractivity contribution in [2.75, 3.05) is 0 Å². The maximum absolute atomic E-state index is 12.1. The number of aliphatic imine (C=N–C) groups is 1. The van der Waals surface area contributed by atoms with Crippen molar-refractivity contribution in [1.82, 2.24) is 5.43 Å². The van der Waals surface area contributed by atoms with Crippen LogP contribution in [0.2, 0.25) is 0 Å². The van der Waals surface area contributed by atoms with Gasteiger partial charge in [-0.05, 0) is 36.4 Å². The second-order valence-corrected chi connectivity index (χ2v) is 4.22. The first kappa shape index (κ1) is 18.1. The number of nitrogens with two attached hydrogens (primary N) is 2. The standard InChI is InChI=1S/C15H14N4O3.ClH/c16-14(20)12-3-1-2-4-13(12)22-15(21)10-5-7-11(8-6-10)18-9-19-17;/h1-9H,17H2,(H2,16,20)(H,18,19);1H. The molecule has 120 valence electrons. The number of rotatable bonds is 5. The largest absolute Gasteiger partial charge is 0.422 e. The number of ether oxygens (including phenoxy) is 1. The third-order valence-corrected chi connectivity index (χ3v) is 2.75. The van der Waals surface area contributed by atoms with Gasteiger partial charge in [0.05, 0.1) is 16.8 Å². The lowest BCUT2D eigenvalue weighted by Crippen LogP contribution is -2.18. The van der Waals surface area contributed by atoms with Crippen LogP contribution in [-0.4, -0.2) is 18.2 Å². The summed E-state index contributed by atoms with van der Waals surface area (Å²) in [6, 6.07) is 12.6. The van der Waals surface area contributed by atoms with Crippen LogP contribution >= 0.6 is 12.4 Å². The summed E-state index contributed by atoms with van der Waals surface area (Å²) in [7, 11) is 0. The zero-order valence-electron chi connectivity index (χ0n) is 11.9. The molecular formula is C15H15ClN4O3. The third kappa shape index (κ3) is 4.80. The Kier molecular flexibility index (Phi) is 6.72. The molecule has 5 N–H and O–H groups in total. The number of benzene rings is 2. The Balaban J connectivity index is 0.00000264. The minimum absolute atomic E-state index is 0. The summed E-state index contributed by atoms with van der Waals surface area (Å²) in [4.78, 5) is 27.3. The van der Waals surface area contributed by atoms with Crippen LogP contribution in [0.3, 0.4) is 0 Å². The lowest BCUT2D eigenvalue weighted by Gasteiger charge is -2.07. The van der Waals surface area contributed by atoms with E-state index in [1.54, 1.807) is 36.4 Å². The molecule has 0 radical (unpaired) electrons. The molecule has 0 fully saturated rings. The Bertz CT molecular complexity index is 717. The summed E-state index contributed by atoms with van der Waals surface area (Å²) in [5.41, 5.74) is 8.59. The van der Waals surface area contributed by atoms with E-state index in [4.69, 9.17) is 16.3 Å². The second kappa shape index (κ2) is 8.52. The predicted octanol–water partition coefficient (Wildman–Crippen LogP) is 1.55. The fraction of sp³-hybridized carbons (Fsp3) is 0. The monoisotopic (exact) mass is 334 g/mol. The van der Waals surface area contributed by atoms with E-state index in [1.165, 1.54) is 18.5 Å². The number of halogens is 1. The Morgan fingerprint density at radius 2 is 1.74 bits per heavy atom. The molecule has 0 spiro atoms. The average Bonchev–Trinajstić information content (AvgIpc) is 2.53. The van der Waals surface area contributed by atoms with E-state index in [0.717, 1.165) is 0 Å². The van der Waals surface area contributed by atoms with Crippen LogP contribution in [0.25, 0.3) is 0 Å². The SMILES string of the molecule is Cl.NNC=Nc1ccc(C(=O)Oc2ccccc2C(N)=O)cc1. The molecule has 0 aliphatic carbocycles. The number of hydrogen-bond acceptors (Lipinski definition) is 5. The van der Waals surface area contributed by atoms with Crippen molar-refractivity contribution in [1.29, 1.82) is 0 Å². The number of para-hydroxylation sites is 1. The number of nitrogens with one attached hydrogen (secondary N) is 1. The molecule has 8 heteroatoms. The second-order valence-electron chi connectivity index (χ2n) is 4.22. The summed E-state index contributed by atoms with van der Waals surface area (Å²) in [6.07, 6.45) is 1.32. The molecule has 2 rings (SSSR count). The molecule has 23 heavy (non-hydrogen) atoms. The van der Waals surface area contributed by atoms with E-state index >= 15 is 0 Å². The molecule has 2 aromatic carbocycles. The van der Waals surface area contributed by atoms with Crippen molar-refractivity contribution >= 4 is 36.3 Å². The number of hydrazine groups is 1. The lowest BCUT2D eigenvalue weighted by atomic mass is 10.2. The van der Waals surface area contributed by atoms with Crippen LogP contribution in [0, 0.1) is 0 Å². The molecule has 7 nitrogen and oxygen atoms in total. The minimum Gasteiger partial charge on any atom is -0.422 e. The highest BCUT2D eigenvalue weighted by Crippen LogP contribution is 2.19. The van der Waals surface area contributed by atoms with Crippen molar-refractivity contribution in [3.63, 3.8) is 0 Å². The number of amides is 1. The zero-order chi connectivity index (χ0) is 15.9. The first-order valence-corrected chi connectivity index (χ1v) is 6.31. The Morgan fingerprint density at radius 3 is 2.35 bits per heavy atom. The van der Waals surface area contributed by atoms with Crippen molar-refractivity contribution in [3.8, 4) is 5.75 Å². The van der Waals surface area contributed by atoms with Gasteiger partial charge in [-0.1, -0.05) is 12.1 Å². The molecule has 0 saturated carbocycles. The fourth-order valence-electron chi connectivity index (χ4n) is 1.71. The maximum Gasteiger partial charge on any atom is 0.343 e. The highest BCUT2D eigenvalue weighted by Gasteiger charge is 2.14. The molecule has 1 amide bonds. The molecule has 0 aliphatic heterocycles. The van der Waals surface area contributed by atoms with Crippen molar-refractivity contribution < 1.29 is 14.3 Å². The lowest BCUT2D eigenvalue weighted by molar-refractivity contribution is 0.0733. The van der Waals surface area contributed by atoms with Crippen LogP contribution in [0.4, 0.5) is 5.69 Å². The highest BCUT2D eigenvalue weighted by molar-refractivity contribution is 5.98. The Labute approximate surface area is 138 Å². The highest BCUT2D eigenvalue weighted by atomic mass is 35.5. The van der Waals surface area contributed by atoms with E-state index in [0.29, 0.717) is 11.3 Å². The third-order valence-electron chi connectivity index (χ3n) is 2.75. The van der Waals surface area contributed by atoms with E-state index in [-0.39, 0.29) is 23.7 Å². The van der Waals surface area contributed by atoms with E-state index in [9.17, 15) is 9.59 Å². The minimum atomic E-state index is -0.664. The topological polar surface area (TPSA) is 120 Å². The number of nitrogens with zero attached hydrogens (tertiary/aromatic N) is 1. The predicted molar refractivity (Wildman–Crippen MR) is 89.1 cm³/mol. The summed E-state index contributed by atoms with van der Waals surface area (Å²) < 4.78 is 5.20. The smallest absolute Gasteiger partial charge is 0.343 e. The van der Waals surface area contributed by atoms with Crippen LogP contribution in [0.1, 0.15) is 20.7 Å². The molecule has 0 aromatic heterocycles. The van der Waals surface area contributed by atoms with E-state index in [1.807, 2.05) is 0 Å². The summed E-state index contributed by atoms with van der Waals surface area (Å²) in [5.74, 6) is 3.93. The number of hydrogen-bond donors (Lipinski definition) is 3. The fourth-order valence-corrected chi connectivity index (χ4v) is 1.71. The van der Waals surface area contributed by atoms with Gasteiger partial charge in [-0.25, -0.2) is 15.6 Å². The van der Waals surface area contributed by atoms with Crippen molar-refractivity contribution in [2.45, 2.75) is 0 Å². The van der Waals surface area contributed by atoms with Crippen LogP contribution in [0.15, 0.2) is 53.5 Å². The van der Waals surface area contributed by atoms with Crippen molar-refractivity contribution in [2.24, 2.45) is 16.6 Å². The molecule has 0 heterocycles. The molecule has 0 saturated heterocycles. The maximum atomic E-state index is 12.1. The normalized spacial score (nSPS) is 9.96. The zero-order valence-corrected chi connectivity index (χ0v) is 12.7. The van der Waals surface area contributed by atoms with Crippen LogP contribution in [-0.2, 0) is 0 Å². The number of esters is 1. The van der Waals surface area contributed by atoms with Gasteiger partial charge >= 0.3 is 5.97 Å². The quantitative estimate of drug-likeness (QED) is 0.191. The van der Waals surface area contributed by atoms with Gasteiger partial charge in [0.25, 0.3) is 5.91 Å². The summed E-state index contributed by atoms with van der Waals surface area (Å²) in [6.45, 7) is 0. The van der Waals surface area contributed by atoms with E-state index < -0.39 is 11.9 Å². The first-order chi connectivity index (χ1) is 10.6. The molecule has 0 aliphatic rings. The van der Waals surface area contributed by atoms with E-state index in [2.05, 4.69) is 10.4 Å². The summed E-state index contributed by atoms with van der Waals surface area (Å²) >= 11 is 0. The van der Waals surface area contributed by atoms with Crippen molar-refractivity contribution in [3.05, 3.63) is 59.7 Å². The van der Waals surface area contributed by atoms with Crippen LogP contribution < -0.4 is 21.7 Å². The van der Waals surface area contributed by atoms with Gasteiger partial charge < -0.3 is 15.9 Å². The van der Waals surface area contributed by atoms with Gasteiger partial charge in [-0.3, -0.25) is 4.79 Å². The summed E-state index contributed by atoms with van der Waals surface area (Å²) in [5, 5.41) is 0. The Morgan fingerprint density at radius 1 is 1.09 bits per heavy atom. The number of carbonyl (C=O) groups is 2. The first-order valence-electron chi connectivity index (χ1n) is 6.31. The number of carbonyl (C=O) groups excluding carboxylic acids is 2. The molecule has 0 bridgehead atoms. The Hall–Kier alpha value is -2.90. The molecule has 2 aromatic rings. The number of primary amides is 1. The van der Waals surface area contributed by atoms with Gasteiger partial charge in [0.1, 0.15) is 12.1 Å². The molecule has 0 unspecified atom stereocenters. The van der Waals surface area contributed by atoms with Gasteiger partial charge in [-0.2, -0.15) is 0 Å². The van der Waals surface area contributed by atoms with Crippen LogP contribution in [0.5, 0.6) is 5.75 Å². The molecular weight excluding hydrogens is 320 g/mol. The van der Waals surface area contributed by atoms with Gasteiger partial charge in [0.15, 0.2) is 0 Å². The average molecular weight is 335 g/mol. The van der Waals surface area contributed by atoms with Gasteiger partial charge in [0.2, 0.25) is 0 Å². The molecule has 0 atom stereocenters. The van der Waals surface area contributed by atoms with Gasteiger partial charge in [-0.15, -0.1) is 12.4 Å².